The number of nitrogens with one attached hydrogen (secondary N) is 1. The van der Waals surface area contributed by atoms with Crippen LogP contribution < -0.4 is 15.7 Å². The van der Waals surface area contributed by atoms with Crippen molar-refractivity contribution < 1.29 is 18.7 Å². The van der Waals surface area contributed by atoms with Crippen molar-refractivity contribution in [1.29, 1.82) is 0 Å². The van der Waals surface area contributed by atoms with Gasteiger partial charge in [-0.25, -0.2) is 9.53 Å². The molecule has 0 radical (unpaired) electrons. The first-order valence-corrected chi connectivity index (χ1v) is 14.9. The standard InChI is InChI=1S/C31H40N2O4Si/c1-30(2,3)37-29(34)32-26(23-33(35)22-25-16-10-7-11-17-25)24-36-38(31(4,5)6,27-18-12-8-13-19-27)28-20-14-9-15-21-28/h7-21,23,26H,22,24H2,1-6H3,(H,32,34)/b33-23-/t26-/m1/s1. The normalized spacial score (nSPS) is 13.6. The highest BCUT2D eigenvalue weighted by molar-refractivity contribution is 6.99. The molecule has 1 atom stereocenters. The summed E-state index contributed by atoms with van der Waals surface area (Å²) in [5.74, 6) is 0. The van der Waals surface area contributed by atoms with Gasteiger partial charge in [-0.15, -0.1) is 0 Å². The molecule has 0 spiro atoms. The molecular formula is C31H40N2O4Si. The zero-order valence-electron chi connectivity index (χ0n) is 23.3. The number of benzene rings is 3. The van der Waals surface area contributed by atoms with E-state index in [1.54, 1.807) is 20.8 Å². The molecule has 0 saturated carbocycles. The molecule has 0 bridgehead atoms. The van der Waals surface area contributed by atoms with E-state index in [-0.39, 0.29) is 18.2 Å². The van der Waals surface area contributed by atoms with Gasteiger partial charge in [-0.3, -0.25) is 0 Å². The highest BCUT2D eigenvalue weighted by atomic mass is 28.4. The van der Waals surface area contributed by atoms with Crippen LogP contribution in [0.5, 0.6) is 0 Å². The molecule has 0 aliphatic rings. The lowest BCUT2D eigenvalue weighted by Crippen LogP contribution is -2.67. The van der Waals surface area contributed by atoms with Gasteiger partial charge in [0.25, 0.3) is 8.32 Å². The second-order valence-corrected chi connectivity index (χ2v) is 15.7. The van der Waals surface area contributed by atoms with Crippen LogP contribution in [0.2, 0.25) is 5.04 Å². The summed E-state index contributed by atoms with van der Waals surface area (Å²) in [6.07, 6.45) is 0.868. The van der Waals surface area contributed by atoms with Crippen LogP contribution >= 0.6 is 0 Å². The Labute approximate surface area is 228 Å². The number of rotatable bonds is 9. The van der Waals surface area contributed by atoms with Gasteiger partial charge >= 0.3 is 6.09 Å². The number of ether oxygens (including phenoxy) is 1. The van der Waals surface area contributed by atoms with Crippen LogP contribution in [0.15, 0.2) is 91.0 Å². The Morgan fingerprint density at radius 2 is 1.34 bits per heavy atom. The van der Waals surface area contributed by atoms with E-state index in [9.17, 15) is 10.0 Å². The SMILES string of the molecule is CC(C)(C)OC(=O)N[C@H](/C=[N+](\[O-])Cc1ccccc1)CO[Si](c1ccccc1)(c1ccccc1)C(C)(C)C. The molecule has 1 amide bonds. The number of nitrogens with zero attached hydrogens (tertiary/aromatic N) is 1. The van der Waals surface area contributed by atoms with E-state index in [1.165, 1.54) is 6.21 Å². The van der Waals surface area contributed by atoms with E-state index in [0.717, 1.165) is 20.7 Å². The molecule has 38 heavy (non-hydrogen) atoms. The third-order valence-corrected chi connectivity index (χ3v) is 11.1. The van der Waals surface area contributed by atoms with E-state index in [4.69, 9.17) is 9.16 Å². The molecule has 0 aliphatic carbocycles. The summed E-state index contributed by atoms with van der Waals surface area (Å²) in [7, 11) is -2.87. The van der Waals surface area contributed by atoms with Crippen LogP contribution in [0.4, 0.5) is 4.79 Å². The Kier molecular flexibility index (Phi) is 9.52. The van der Waals surface area contributed by atoms with Gasteiger partial charge in [0.15, 0.2) is 12.8 Å². The van der Waals surface area contributed by atoms with Crippen molar-refractivity contribution in [3.05, 3.63) is 102 Å². The first-order valence-electron chi connectivity index (χ1n) is 13.0. The van der Waals surface area contributed by atoms with E-state index >= 15 is 0 Å². The van der Waals surface area contributed by atoms with Crippen molar-refractivity contribution in [2.75, 3.05) is 6.61 Å². The van der Waals surface area contributed by atoms with E-state index in [2.05, 4.69) is 50.4 Å². The molecule has 6 nitrogen and oxygen atoms in total. The zero-order chi connectivity index (χ0) is 27.8. The monoisotopic (exact) mass is 532 g/mol. The van der Waals surface area contributed by atoms with Gasteiger partial charge in [0.05, 0.1) is 6.61 Å². The highest BCUT2D eigenvalue weighted by Gasteiger charge is 2.50. The maximum absolute atomic E-state index is 13.0. The second-order valence-electron chi connectivity index (χ2n) is 11.4. The molecule has 0 aromatic heterocycles. The number of hydroxylamine groups is 1. The van der Waals surface area contributed by atoms with Crippen LogP contribution in [-0.2, 0) is 15.7 Å². The average Bonchev–Trinajstić information content (AvgIpc) is 2.84. The van der Waals surface area contributed by atoms with Gasteiger partial charge in [-0.1, -0.05) is 112 Å². The Morgan fingerprint density at radius 1 is 0.868 bits per heavy atom. The highest BCUT2D eigenvalue weighted by Crippen LogP contribution is 2.36. The number of hydrogen-bond donors (Lipinski definition) is 1. The topological polar surface area (TPSA) is 73.6 Å². The van der Waals surface area contributed by atoms with Crippen molar-refractivity contribution in [3.8, 4) is 0 Å². The Bertz CT molecular complexity index is 1150. The molecule has 202 valence electrons. The van der Waals surface area contributed by atoms with Crippen LogP contribution in [0, 0.1) is 5.21 Å². The summed E-state index contributed by atoms with van der Waals surface area (Å²) in [6, 6.07) is 29.3. The third-order valence-electron chi connectivity index (χ3n) is 6.13. The third kappa shape index (κ3) is 7.79. The molecular weight excluding hydrogens is 492 g/mol. The Hall–Kier alpha value is -3.42. The van der Waals surface area contributed by atoms with Crippen LogP contribution in [0.25, 0.3) is 0 Å². The van der Waals surface area contributed by atoms with Crippen molar-refractivity contribution in [2.24, 2.45) is 0 Å². The molecule has 7 heteroatoms. The summed E-state index contributed by atoms with van der Waals surface area (Å²) in [5, 5.41) is 17.8. The lowest BCUT2D eigenvalue weighted by atomic mass is 10.2. The molecule has 3 rings (SSSR count). The fourth-order valence-electron chi connectivity index (χ4n) is 4.57. The first-order chi connectivity index (χ1) is 17.9. The minimum Gasteiger partial charge on any atom is -0.624 e. The summed E-state index contributed by atoms with van der Waals surface area (Å²) in [5.41, 5.74) is 0.206. The van der Waals surface area contributed by atoms with Crippen LogP contribution in [0.3, 0.4) is 0 Å². The van der Waals surface area contributed by atoms with Crippen LogP contribution in [0.1, 0.15) is 47.1 Å². The van der Waals surface area contributed by atoms with Gasteiger partial charge in [0.1, 0.15) is 11.6 Å². The van der Waals surface area contributed by atoms with Crippen molar-refractivity contribution in [3.63, 3.8) is 0 Å². The minimum atomic E-state index is -2.87. The summed E-state index contributed by atoms with van der Waals surface area (Å²) < 4.78 is 13.3. The van der Waals surface area contributed by atoms with Gasteiger partial charge < -0.3 is 19.7 Å². The summed E-state index contributed by atoms with van der Waals surface area (Å²) in [4.78, 5) is 12.8. The number of alkyl carbamates (subject to hydrolysis) is 1. The first kappa shape index (κ1) is 29.1. The predicted molar refractivity (Wildman–Crippen MR) is 157 cm³/mol. The van der Waals surface area contributed by atoms with Gasteiger partial charge in [-0.2, -0.15) is 0 Å². The zero-order valence-corrected chi connectivity index (χ0v) is 24.3. The van der Waals surface area contributed by atoms with Crippen LogP contribution in [-0.4, -0.2) is 43.6 Å². The number of carbonyl (C=O) groups excluding carboxylic acids is 1. The molecule has 0 unspecified atom stereocenters. The smallest absolute Gasteiger partial charge is 0.408 e. The molecule has 0 fully saturated rings. The fourth-order valence-corrected chi connectivity index (χ4v) is 9.16. The van der Waals surface area contributed by atoms with Gasteiger partial charge in [0.2, 0.25) is 0 Å². The number of amides is 1. The molecule has 0 saturated heterocycles. The maximum atomic E-state index is 13.0. The number of hydrogen-bond acceptors (Lipinski definition) is 4. The molecule has 0 heterocycles. The second kappa shape index (κ2) is 12.4. The van der Waals surface area contributed by atoms with Crippen molar-refractivity contribution in [2.45, 2.75) is 64.8 Å². The van der Waals surface area contributed by atoms with E-state index in [0.29, 0.717) is 0 Å². The quantitative estimate of drug-likeness (QED) is 0.135. The summed E-state index contributed by atoms with van der Waals surface area (Å²) >= 11 is 0. The largest absolute Gasteiger partial charge is 0.624 e. The lowest BCUT2D eigenvalue weighted by Gasteiger charge is -2.43. The van der Waals surface area contributed by atoms with Crippen molar-refractivity contribution >= 4 is 31.0 Å². The summed E-state index contributed by atoms with van der Waals surface area (Å²) in [6.45, 7) is 12.3. The maximum Gasteiger partial charge on any atom is 0.408 e. The minimum absolute atomic E-state index is 0.111. The lowest BCUT2D eigenvalue weighted by molar-refractivity contribution is -0.471. The van der Waals surface area contributed by atoms with E-state index < -0.39 is 26.1 Å². The average molecular weight is 533 g/mol. The molecule has 3 aromatic carbocycles. The number of carbonyl (C=O) groups is 1. The van der Waals surface area contributed by atoms with Gasteiger partial charge in [-0.05, 0) is 36.2 Å². The van der Waals surface area contributed by atoms with Crippen molar-refractivity contribution in [1.82, 2.24) is 5.32 Å². The Balaban J connectivity index is 1.99. The molecule has 0 aliphatic heterocycles. The van der Waals surface area contributed by atoms with E-state index in [1.807, 2.05) is 66.7 Å². The fraction of sp³-hybridized carbons (Fsp3) is 0.355. The Morgan fingerprint density at radius 3 is 1.79 bits per heavy atom. The predicted octanol–water partition coefficient (Wildman–Crippen LogP) is 5.24. The molecule has 3 aromatic rings. The van der Waals surface area contributed by atoms with Gasteiger partial charge in [0, 0.05) is 5.56 Å². The molecule has 1 N–H and O–H groups in total.